The summed E-state index contributed by atoms with van der Waals surface area (Å²) in [5.41, 5.74) is 4.25. The number of anilines is 2. The number of rotatable bonds is 18. The van der Waals surface area contributed by atoms with Crippen molar-refractivity contribution in [2.45, 2.75) is 64.5 Å². The minimum Gasteiger partial charge on any atom is -0.481 e. The number of carboxylic acid groups (broad SMARTS) is 2. The molecule has 0 aliphatic carbocycles. The van der Waals surface area contributed by atoms with Gasteiger partial charge in [0.2, 0.25) is 0 Å². The molecule has 0 radical (unpaired) electrons. The number of carbonyl (C=O) groups is 4. The van der Waals surface area contributed by atoms with E-state index in [9.17, 15) is 45.5 Å². The summed E-state index contributed by atoms with van der Waals surface area (Å²) in [7, 11) is 0. The molecule has 0 saturated carbocycles. The maximum absolute atomic E-state index is 12.8. The van der Waals surface area contributed by atoms with Gasteiger partial charge in [0.25, 0.3) is 11.8 Å². The van der Waals surface area contributed by atoms with Crippen molar-refractivity contribution in [3.05, 3.63) is 167 Å². The van der Waals surface area contributed by atoms with Crippen molar-refractivity contribution in [1.82, 2.24) is 20.6 Å². The van der Waals surface area contributed by atoms with Gasteiger partial charge in [0.1, 0.15) is 11.6 Å². The molecule has 362 valence electrons. The van der Waals surface area contributed by atoms with Crippen LogP contribution < -0.4 is 21.3 Å². The van der Waals surface area contributed by atoms with Crippen LogP contribution >= 0.6 is 0 Å². The second-order valence-electron chi connectivity index (χ2n) is 16.0. The number of nitrogens with one attached hydrogen (secondary N) is 4. The van der Waals surface area contributed by atoms with Gasteiger partial charge in [-0.2, -0.15) is 26.3 Å². The summed E-state index contributed by atoms with van der Waals surface area (Å²) in [5.74, 6) is -1.45. The maximum Gasteiger partial charge on any atom is 0.416 e. The predicted octanol–water partition coefficient (Wildman–Crippen LogP) is 11.3. The van der Waals surface area contributed by atoms with Crippen molar-refractivity contribution in [3.8, 4) is 22.3 Å². The molecule has 2 atom stereocenters. The fourth-order valence-electron chi connectivity index (χ4n) is 6.89. The minimum absolute atomic E-state index is 0.0338. The van der Waals surface area contributed by atoms with Gasteiger partial charge < -0.3 is 31.5 Å². The van der Waals surface area contributed by atoms with E-state index in [2.05, 4.69) is 31.2 Å². The Kier molecular flexibility index (Phi) is 18.0. The summed E-state index contributed by atoms with van der Waals surface area (Å²) >= 11 is 0. The molecule has 0 bridgehead atoms. The first kappa shape index (κ1) is 52.2. The van der Waals surface area contributed by atoms with Crippen molar-refractivity contribution in [2.24, 2.45) is 5.92 Å². The van der Waals surface area contributed by atoms with Gasteiger partial charge in [-0.3, -0.25) is 19.2 Å². The number of aliphatic carboxylic acids is 2. The highest BCUT2D eigenvalue weighted by atomic mass is 19.4. The van der Waals surface area contributed by atoms with E-state index in [0.717, 1.165) is 52.9 Å². The molecule has 12 nitrogen and oxygen atoms in total. The molecular weight excluding hydrogens is 907 g/mol. The summed E-state index contributed by atoms with van der Waals surface area (Å²) in [5, 5.41) is 29.0. The largest absolute Gasteiger partial charge is 0.481 e. The van der Waals surface area contributed by atoms with Crippen LogP contribution in [0.25, 0.3) is 22.3 Å². The minimum atomic E-state index is -4.37. The highest BCUT2D eigenvalue weighted by molar-refractivity contribution is 5.94. The smallest absolute Gasteiger partial charge is 0.416 e. The van der Waals surface area contributed by atoms with Crippen LogP contribution in [0.4, 0.5) is 38.0 Å². The summed E-state index contributed by atoms with van der Waals surface area (Å²) < 4.78 is 76.7. The van der Waals surface area contributed by atoms with E-state index in [1.54, 1.807) is 24.3 Å². The number of hydrogen-bond acceptors (Lipinski definition) is 8. The highest BCUT2D eigenvalue weighted by Gasteiger charge is 2.31. The third kappa shape index (κ3) is 15.7. The molecule has 0 fully saturated rings. The Bertz CT molecular complexity index is 2630. The number of benzene rings is 4. The van der Waals surface area contributed by atoms with Crippen LogP contribution in [0.3, 0.4) is 0 Å². The molecule has 18 heteroatoms. The summed E-state index contributed by atoms with van der Waals surface area (Å²) in [6, 6.07) is 31.7. The average Bonchev–Trinajstić information content (AvgIpc) is 3.32. The van der Waals surface area contributed by atoms with E-state index in [1.165, 1.54) is 36.7 Å². The molecule has 0 aliphatic rings. The first-order valence-electron chi connectivity index (χ1n) is 21.7. The van der Waals surface area contributed by atoms with Crippen LogP contribution in [-0.4, -0.2) is 57.0 Å². The lowest BCUT2D eigenvalue weighted by Gasteiger charge is -2.24. The Labute approximate surface area is 394 Å². The quantitative estimate of drug-likeness (QED) is 0.0454. The van der Waals surface area contributed by atoms with Gasteiger partial charge in [-0.1, -0.05) is 93.6 Å². The Morgan fingerprint density at radius 1 is 0.522 bits per heavy atom. The second-order valence-corrected chi connectivity index (χ2v) is 16.0. The summed E-state index contributed by atoms with van der Waals surface area (Å²) in [6.45, 7) is 6.17. The fraction of sp³-hybridized carbons (Fsp3) is 0.255. The highest BCUT2D eigenvalue weighted by Crippen LogP contribution is 2.34. The average molecular weight is 957 g/mol. The normalized spacial score (nSPS) is 12.2. The molecule has 2 unspecified atom stereocenters. The van der Waals surface area contributed by atoms with Gasteiger partial charge in [-0.25, -0.2) is 9.97 Å². The van der Waals surface area contributed by atoms with Gasteiger partial charge in [0, 0.05) is 25.5 Å². The maximum atomic E-state index is 12.8. The number of alkyl halides is 6. The molecule has 6 rings (SSSR count). The molecule has 2 aromatic heterocycles. The van der Waals surface area contributed by atoms with E-state index in [1.807, 2.05) is 69.3 Å². The van der Waals surface area contributed by atoms with Gasteiger partial charge in [0.05, 0.1) is 47.2 Å². The van der Waals surface area contributed by atoms with E-state index in [4.69, 9.17) is 10.2 Å². The number of aromatic nitrogens is 2. The zero-order valence-electron chi connectivity index (χ0n) is 37.7. The van der Waals surface area contributed by atoms with Crippen molar-refractivity contribution in [3.63, 3.8) is 0 Å². The predicted molar refractivity (Wildman–Crippen MR) is 249 cm³/mol. The number of amides is 2. The Balaban J connectivity index is 0.000000258. The first-order valence-corrected chi connectivity index (χ1v) is 21.7. The van der Waals surface area contributed by atoms with Crippen LogP contribution in [0.1, 0.15) is 95.1 Å². The third-order valence-electron chi connectivity index (χ3n) is 10.7. The molecule has 69 heavy (non-hydrogen) atoms. The van der Waals surface area contributed by atoms with E-state index in [0.29, 0.717) is 33.9 Å². The number of halogens is 6. The monoisotopic (exact) mass is 956 g/mol. The zero-order chi connectivity index (χ0) is 50.3. The second kappa shape index (κ2) is 23.8. The number of carbonyl (C=O) groups excluding carboxylic acids is 2. The SMILES string of the molecule is CC(C)C(Nc1ccc(C(=O)NCCC(=O)O)cn1)c1ccc(-c2ccc(C(F)(F)F)cc2)cc1.CCC(Nc1ccc(C(=O)NCCC(=O)O)cn1)c1ccc(-c2ccc(C(F)(F)F)cc2)cc1. The number of carboxylic acids is 2. The molecule has 6 N–H and O–H groups in total. The van der Waals surface area contributed by atoms with Crippen LogP contribution in [-0.2, 0) is 21.9 Å². The Morgan fingerprint density at radius 2 is 0.884 bits per heavy atom. The molecule has 6 aromatic rings. The number of pyridine rings is 2. The molecule has 2 heterocycles. The van der Waals surface area contributed by atoms with Gasteiger partial charge in [-0.05, 0) is 94.3 Å². The van der Waals surface area contributed by atoms with Gasteiger partial charge >= 0.3 is 24.3 Å². The third-order valence-corrected chi connectivity index (χ3v) is 10.7. The number of nitrogens with zero attached hydrogens (tertiary/aromatic N) is 2. The van der Waals surface area contributed by atoms with Crippen LogP contribution in [0, 0.1) is 5.92 Å². The molecule has 2 amide bonds. The van der Waals surface area contributed by atoms with Crippen LogP contribution in [0.5, 0.6) is 0 Å². The van der Waals surface area contributed by atoms with Gasteiger partial charge in [-0.15, -0.1) is 0 Å². The summed E-state index contributed by atoms with van der Waals surface area (Å²) in [4.78, 5) is 53.8. The van der Waals surface area contributed by atoms with Crippen molar-refractivity contribution in [1.29, 1.82) is 0 Å². The van der Waals surface area contributed by atoms with E-state index in [-0.39, 0.29) is 43.9 Å². The molecule has 0 saturated heterocycles. The van der Waals surface area contributed by atoms with E-state index < -0.39 is 47.2 Å². The first-order chi connectivity index (χ1) is 32.7. The molecule has 0 spiro atoms. The van der Waals surface area contributed by atoms with Crippen molar-refractivity contribution in [2.75, 3.05) is 23.7 Å². The van der Waals surface area contributed by atoms with Gasteiger partial charge in [0.15, 0.2) is 0 Å². The van der Waals surface area contributed by atoms with Crippen molar-refractivity contribution >= 4 is 35.4 Å². The molecule has 0 aliphatic heterocycles. The van der Waals surface area contributed by atoms with Crippen LogP contribution in [0.2, 0.25) is 0 Å². The Hall–Kier alpha value is -7.76. The standard InChI is InChI=1S/C26H26F3N3O3.C25H24F3N3O3/c1-16(2)24(32-22-12-9-20(15-31-22)25(35)30-14-13-23(33)34)19-5-3-17(4-6-19)18-7-10-21(11-8-18)26(27,28)29;1-2-21(31-22-12-9-19(15-30-22)24(34)29-14-13-23(32)33)18-5-3-16(4-6-18)17-7-10-20(11-8-17)25(26,27)28/h3-12,15-16,24H,13-14H2,1-2H3,(H,30,35)(H,31,32)(H,33,34);3-12,15,21H,2,13-14H2,1H3,(H,29,34)(H,30,31)(H,32,33). The molecular formula is C51H50F6N6O6. The summed E-state index contributed by atoms with van der Waals surface area (Å²) in [6.07, 6.45) is -5.46. The van der Waals surface area contributed by atoms with Crippen LogP contribution in [0.15, 0.2) is 134 Å². The zero-order valence-corrected chi connectivity index (χ0v) is 37.7. The fourth-order valence-corrected chi connectivity index (χ4v) is 6.89. The lowest BCUT2D eigenvalue weighted by atomic mass is 9.94. The topological polar surface area (TPSA) is 183 Å². The lowest BCUT2D eigenvalue weighted by molar-refractivity contribution is -0.138. The molecule has 4 aromatic carbocycles. The number of hydrogen-bond donors (Lipinski definition) is 6. The Morgan fingerprint density at radius 3 is 1.20 bits per heavy atom. The van der Waals surface area contributed by atoms with Crippen molar-refractivity contribution < 1.29 is 55.7 Å². The van der Waals surface area contributed by atoms with E-state index >= 15 is 0 Å². The lowest BCUT2D eigenvalue weighted by Crippen LogP contribution is -2.26.